The maximum Gasteiger partial charge on any atom is 0.224 e. The second-order valence-corrected chi connectivity index (χ2v) is 4.04. The fraction of sp³-hybridized carbons (Fsp3) is 0.500. The number of amides is 1. The van der Waals surface area contributed by atoms with Gasteiger partial charge in [-0.3, -0.25) is 4.79 Å². The van der Waals surface area contributed by atoms with Crippen molar-refractivity contribution >= 4 is 11.6 Å². The van der Waals surface area contributed by atoms with Gasteiger partial charge in [-0.15, -0.1) is 0 Å². The van der Waals surface area contributed by atoms with Gasteiger partial charge in [0, 0.05) is 18.7 Å². The van der Waals surface area contributed by atoms with Crippen molar-refractivity contribution in [3.05, 3.63) is 24.3 Å². The number of benzene rings is 1. The molecule has 0 fully saturated rings. The summed E-state index contributed by atoms with van der Waals surface area (Å²) in [5.41, 5.74) is 0.783. The summed E-state index contributed by atoms with van der Waals surface area (Å²) in [6.45, 7) is 2.76. The second-order valence-electron chi connectivity index (χ2n) is 4.04. The van der Waals surface area contributed by atoms with Crippen LogP contribution in [0.3, 0.4) is 0 Å². The van der Waals surface area contributed by atoms with Gasteiger partial charge in [-0.1, -0.05) is 6.42 Å². The molecule has 0 atom stereocenters. The molecule has 1 amide bonds. The van der Waals surface area contributed by atoms with E-state index in [2.05, 4.69) is 5.32 Å². The van der Waals surface area contributed by atoms with Gasteiger partial charge in [0.25, 0.3) is 0 Å². The van der Waals surface area contributed by atoms with Crippen molar-refractivity contribution in [2.75, 3.05) is 18.5 Å². The molecule has 4 nitrogen and oxygen atoms in total. The Hall–Kier alpha value is -1.55. The number of carbonyl (C=O) groups is 1. The van der Waals surface area contributed by atoms with Gasteiger partial charge in [-0.2, -0.15) is 0 Å². The Morgan fingerprint density at radius 2 is 1.94 bits per heavy atom. The van der Waals surface area contributed by atoms with Gasteiger partial charge in [-0.05, 0) is 44.0 Å². The van der Waals surface area contributed by atoms with Crippen LogP contribution >= 0.6 is 0 Å². The highest BCUT2D eigenvalue weighted by molar-refractivity contribution is 5.90. The third kappa shape index (κ3) is 5.68. The maximum atomic E-state index is 11.6. The van der Waals surface area contributed by atoms with Crippen LogP contribution < -0.4 is 10.1 Å². The highest BCUT2D eigenvalue weighted by Crippen LogP contribution is 2.16. The van der Waals surface area contributed by atoms with E-state index in [0.29, 0.717) is 13.0 Å². The summed E-state index contributed by atoms with van der Waals surface area (Å²) in [6.07, 6.45) is 2.94. The molecule has 0 saturated heterocycles. The number of aliphatic hydroxyl groups is 1. The number of carbonyl (C=O) groups excluding carboxylic acids is 1. The van der Waals surface area contributed by atoms with Crippen molar-refractivity contribution in [1.82, 2.24) is 0 Å². The zero-order chi connectivity index (χ0) is 13.2. The lowest BCUT2D eigenvalue weighted by Crippen LogP contribution is -2.11. The average Bonchev–Trinajstić information content (AvgIpc) is 2.37. The van der Waals surface area contributed by atoms with Gasteiger partial charge < -0.3 is 15.2 Å². The van der Waals surface area contributed by atoms with Crippen LogP contribution in [-0.4, -0.2) is 24.2 Å². The fourth-order valence-corrected chi connectivity index (χ4v) is 1.60. The SMILES string of the molecule is CCOc1ccc(NC(=O)CCCCCO)cc1. The van der Waals surface area contributed by atoms with E-state index in [9.17, 15) is 4.79 Å². The predicted octanol–water partition coefficient (Wildman–Crippen LogP) is 2.58. The van der Waals surface area contributed by atoms with Crippen LogP contribution in [0.5, 0.6) is 5.75 Å². The zero-order valence-electron chi connectivity index (χ0n) is 10.8. The van der Waals surface area contributed by atoms with Crippen LogP contribution in [0, 0.1) is 0 Å². The summed E-state index contributed by atoms with van der Waals surface area (Å²) in [5, 5.41) is 11.5. The summed E-state index contributed by atoms with van der Waals surface area (Å²) in [7, 11) is 0. The van der Waals surface area contributed by atoms with E-state index in [4.69, 9.17) is 9.84 Å². The molecule has 0 aliphatic carbocycles. The normalized spacial score (nSPS) is 10.1. The monoisotopic (exact) mass is 251 g/mol. The number of hydrogen-bond acceptors (Lipinski definition) is 3. The van der Waals surface area contributed by atoms with Crippen LogP contribution in [0.2, 0.25) is 0 Å². The second kappa shape index (κ2) is 8.53. The fourth-order valence-electron chi connectivity index (χ4n) is 1.60. The summed E-state index contributed by atoms with van der Waals surface area (Å²) in [5.74, 6) is 0.815. The number of aliphatic hydroxyl groups excluding tert-OH is 1. The third-order valence-electron chi connectivity index (χ3n) is 2.51. The number of anilines is 1. The summed E-state index contributed by atoms with van der Waals surface area (Å²) in [4.78, 5) is 11.6. The third-order valence-corrected chi connectivity index (χ3v) is 2.51. The minimum absolute atomic E-state index is 0.0112. The van der Waals surface area contributed by atoms with Gasteiger partial charge in [0.15, 0.2) is 0 Å². The number of rotatable bonds is 8. The highest BCUT2D eigenvalue weighted by atomic mass is 16.5. The first-order valence-electron chi connectivity index (χ1n) is 6.40. The molecule has 0 heterocycles. The van der Waals surface area contributed by atoms with E-state index in [1.54, 1.807) is 0 Å². The van der Waals surface area contributed by atoms with Crippen LogP contribution in [0.15, 0.2) is 24.3 Å². The standard InChI is InChI=1S/C14H21NO3/c1-2-18-13-9-7-12(8-10-13)15-14(17)6-4-3-5-11-16/h7-10,16H,2-6,11H2,1H3,(H,15,17). The van der Waals surface area contributed by atoms with Crippen LogP contribution in [0.1, 0.15) is 32.6 Å². The van der Waals surface area contributed by atoms with Gasteiger partial charge in [0.2, 0.25) is 5.91 Å². The Morgan fingerprint density at radius 3 is 2.56 bits per heavy atom. The summed E-state index contributed by atoms with van der Waals surface area (Å²) < 4.78 is 5.32. The molecule has 1 aromatic rings. The molecule has 0 saturated carbocycles. The Labute approximate surface area is 108 Å². The van der Waals surface area contributed by atoms with Crippen LogP contribution in [0.25, 0.3) is 0 Å². The van der Waals surface area contributed by atoms with Crippen LogP contribution in [0.4, 0.5) is 5.69 Å². The number of hydrogen-bond donors (Lipinski definition) is 2. The van der Waals surface area contributed by atoms with Crippen molar-refractivity contribution in [3.8, 4) is 5.75 Å². The Kier molecular flexibility index (Phi) is 6.87. The Morgan fingerprint density at radius 1 is 1.22 bits per heavy atom. The number of ether oxygens (including phenoxy) is 1. The smallest absolute Gasteiger partial charge is 0.224 e. The van der Waals surface area contributed by atoms with Crippen LogP contribution in [-0.2, 0) is 4.79 Å². The van der Waals surface area contributed by atoms with Crippen molar-refractivity contribution in [3.63, 3.8) is 0 Å². The molecule has 0 spiro atoms. The Bertz CT molecular complexity index is 349. The van der Waals surface area contributed by atoms with Gasteiger partial charge in [0.05, 0.1) is 6.61 Å². The van der Waals surface area contributed by atoms with Gasteiger partial charge >= 0.3 is 0 Å². The largest absolute Gasteiger partial charge is 0.494 e. The number of nitrogens with one attached hydrogen (secondary N) is 1. The number of unbranched alkanes of at least 4 members (excludes halogenated alkanes) is 2. The molecule has 0 aromatic heterocycles. The van der Waals surface area contributed by atoms with Crippen molar-refractivity contribution in [2.24, 2.45) is 0 Å². The lowest BCUT2D eigenvalue weighted by Gasteiger charge is -2.07. The van der Waals surface area contributed by atoms with Crippen molar-refractivity contribution in [2.45, 2.75) is 32.6 Å². The van der Waals surface area contributed by atoms with Gasteiger partial charge in [-0.25, -0.2) is 0 Å². The van der Waals surface area contributed by atoms with E-state index in [1.165, 1.54) is 0 Å². The topological polar surface area (TPSA) is 58.6 Å². The molecular formula is C14H21NO3. The average molecular weight is 251 g/mol. The molecule has 2 N–H and O–H groups in total. The molecule has 0 aliphatic rings. The molecular weight excluding hydrogens is 230 g/mol. The molecule has 0 aliphatic heterocycles. The minimum atomic E-state index is 0.0112. The first-order chi connectivity index (χ1) is 8.76. The summed E-state index contributed by atoms with van der Waals surface area (Å²) in [6, 6.07) is 7.34. The Balaban J connectivity index is 2.30. The van der Waals surface area contributed by atoms with E-state index < -0.39 is 0 Å². The van der Waals surface area contributed by atoms with E-state index in [1.807, 2.05) is 31.2 Å². The zero-order valence-corrected chi connectivity index (χ0v) is 10.8. The molecule has 0 unspecified atom stereocenters. The molecule has 18 heavy (non-hydrogen) atoms. The molecule has 4 heteroatoms. The molecule has 1 rings (SSSR count). The molecule has 0 radical (unpaired) electrons. The first-order valence-corrected chi connectivity index (χ1v) is 6.40. The molecule has 1 aromatic carbocycles. The minimum Gasteiger partial charge on any atom is -0.494 e. The van der Waals surface area contributed by atoms with Crippen molar-refractivity contribution < 1.29 is 14.6 Å². The van der Waals surface area contributed by atoms with E-state index >= 15 is 0 Å². The predicted molar refractivity (Wildman–Crippen MR) is 71.8 cm³/mol. The lowest BCUT2D eigenvalue weighted by atomic mass is 10.2. The molecule has 100 valence electrons. The lowest BCUT2D eigenvalue weighted by molar-refractivity contribution is -0.116. The quantitative estimate of drug-likeness (QED) is 0.698. The molecule has 0 bridgehead atoms. The van der Waals surface area contributed by atoms with Gasteiger partial charge in [0.1, 0.15) is 5.75 Å². The first kappa shape index (κ1) is 14.5. The van der Waals surface area contributed by atoms with E-state index in [0.717, 1.165) is 30.7 Å². The van der Waals surface area contributed by atoms with E-state index in [-0.39, 0.29) is 12.5 Å². The van der Waals surface area contributed by atoms with Crippen molar-refractivity contribution in [1.29, 1.82) is 0 Å². The summed E-state index contributed by atoms with van der Waals surface area (Å²) >= 11 is 0. The highest BCUT2D eigenvalue weighted by Gasteiger charge is 2.02. The maximum absolute atomic E-state index is 11.6.